The summed E-state index contributed by atoms with van der Waals surface area (Å²) in [6.07, 6.45) is 4.58. The summed E-state index contributed by atoms with van der Waals surface area (Å²) < 4.78 is 29.3. The van der Waals surface area contributed by atoms with E-state index in [1.165, 1.54) is 18.3 Å². The molecule has 0 aliphatic carbocycles. The Balaban J connectivity index is 1.71. The highest BCUT2D eigenvalue weighted by Gasteiger charge is 2.26. The monoisotopic (exact) mass is 378 g/mol. The quantitative estimate of drug-likeness (QED) is 0.777. The number of benzene rings is 1. The van der Waals surface area contributed by atoms with Gasteiger partial charge in [-0.15, -0.1) is 0 Å². The van der Waals surface area contributed by atoms with Crippen LogP contribution in [0.4, 0.5) is 8.78 Å². The van der Waals surface area contributed by atoms with Crippen molar-refractivity contribution in [1.29, 1.82) is 0 Å². The summed E-state index contributed by atoms with van der Waals surface area (Å²) in [6.45, 7) is -0.479. The zero-order valence-corrected chi connectivity index (χ0v) is 15.3. The molecule has 1 aliphatic rings. The van der Waals surface area contributed by atoms with E-state index in [4.69, 9.17) is 0 Å². The first-order chi connectivity index (χ1) is 13.1. The Hall–Kier alpha value is -2.48. The van der Waals surface area contributed by atoms with Gasteiger partial charge in [0.15, 0.2) is 0 Å². The van der Waals surface area contributed by atoms with Crippen molar-refractivity contribution in [3.63, 3.8) is 0 Å². The zero-order chi connectivity index (χ0) is 19.2. The molecule has 1 saturated heterocycles. The molecule has 146 valence electrons. The third kappa shape index (κ3) is 4.82. The fraction of sp³-hybridized carbons (Fsp3) is 0.474. The van der Waals surface area contributed by atoms with Crippen molar-refractivity contribution in [2.45, 2.75) is 25.9 Å². The minimum absolute atomic E-state index is 0.0425. The Morgan fingerprint density at radius 1 is 1.41 bits per heavy atom. The number of nitrogens with zero attached hydrogens (tertiary/aromatic N) is 2. The maximum absolute atomic E-state index is 12.9. The number of amides is 1. The predicted molar refractivity (Wildman–Crippen MR) is 97.8 cm³/mol. The Morgan fingerprint density at radius 3 is 2.89 bits per heavy atom. The molecule has 1 fully saturated rings. The van der Waals surface area contributed by atoms with Gasteiger partial charge in [-0.1, -0.05) is 12.1 Å². The van der Waals surface area contributed by atoms with Gasteiger partial charge in [0.25, 0.3) is 5.91 Å². The molecular weight excluding hydrogens is 354 g/mol. The lowest BCUT2D eigenvalue weighted by atomic mass is 9.93. The van der Waals surface area contributed by atoms with Gasteiger partial charge < -0.3 is 15.0 Å². The second-order valence-electron chi connectivity index (χ2n) is 6.69. The molecule has 0 spiro atoms. The zero-order valence-electron chi connectivity index (χ0n) is 15.3. The summed E-state index contributed by atoms with van der Waals surface area (Å²) in [6, 6.07) is 6.26. The predicted octanol–water partition coefficient (Wildman–Crippen LogP) is 3.14. The largest absolute Gasteiger partial charge is 0.435 e. The van der Waals surface area contributed by atoms with Crippen LogP contribution in [-0.2, 0) is 0 Å². The first-order valence-electron chi connectivity index (χ1n) is 9.11. The number of nitrogens with one attached hydrogen (secondary N) is 2. The number of aromatic nitrogens is 2. The van der Waals surface area contributed by atoms with E-state index >= 15 is 0 Å². The van der Waals surface area contributed by atoms with Crippen LogP contribution in [0.3, 0.4) is 0 Å². The van der Waals surface area contributed by atoms with E-state index in [-0.39, 0.29) is 11.7 Å². The summed E-state index contributed by atoms with van der Waals surface area (Å²) in [5.41, 5.74) is 1.54. The molecule has 1 amide bonds. The highest BCUT2D eigenvalue weighted by Crippen LogP contribution is 2.28. The van der Waals surface area contributed by atoms with Crippen molar-refractivity contribution >= 4 is 5.91 Å². The number of hydrogen-bond acceptors (Lipinski definition) is 4. The van der Waals surface area contributed by atoms with Crippen LogP contribution in [0.25, 0.3) is 11.3 Å². The number of hydrogen-bond donors (Lipinski definition) is 2. The number of likely N-dealkylation sites (tertiary alicyclic amines) is 1. The van der Waals surface area contributed by atoms with Crippen LogP contribution in [0.15, 0.2) is 30.5 Å². The van der Waals surface area contributed by atoms with Crippen molar-refractivity contribution in [1.82, 2.24) is 20.4 Å². The Morgan fingerprint density at radius 2 is 2.19 bits per heavy atom. The molecule has 6 nitrogen and oxygen atoms in total. The third-order valence-electron chi connectivity index (χ3n) is 4.92. The van der Waals surface area contributed by atoms with E-state index in [1.54, 1.807) is 12.1 Å². The summed E-state index contributed by atoms with van der Waals surface area (Å²) in [5.74, 6) is 0.584. The van der Waals surface area contributed by atoms with Crippen molar-refractivity contribution < 1.29 is 18.3 Å². The highest BCUT2D eigenvalue weighted by molar-refractivity contribution is 5.99. The van der Waals surface area contributed by atoms with E-state index < -0.39 is 6.61 Å². The Kier molecular flexibility index (Phi) is 6.39. The number of rotatable bonds is 7. The lowest BCUT2D eigenvalue weighted by Gasteiger charge is -2.32. The lowest BCUT2D eigenvalue weighted by Crippen LogP contribution is -2.39. The molecule has 2 aromatic rings. The molecule has 0 saturated carbocycles. The maximum atomic E-state index is 12.9. The number of aromatic amines is 1. The Labute approximate surface area is 156 Å². The number of H-pyrrole nitrogens is 1. The van der Waals surface area contributed by atoms with E-state index in [2.05, 4.69) is 20.3 Å². The molecule has 27 heavy (non-hydrogen) atoms. The summed E-state index contributed by atoms with van der Waals surface area (Å²) >= 11 is 0. The standard InChI is InChI=1S/C19H24F2N4O2/c1-22-8-5-13-6-9-25(10-7-13)18(26)16-12-23-24-17(16)14-3-2-4-15(11-14)27-19(20)21/h2-4,11-13,19,22H,5-10H2,1H3,(H,23,24). The SMILES string of the molecule is CNCCC1CCN(C(=O)c2cn[nH]c2-c2cccc(OC(F)F)c2)CC1. The molecule has 0 radical (unpaired) electrons. The molecule has 3 rings (SSSR count). The van der Waals surface area contributed by atoms with E-state index in [0.29, 0.717) is 35.8 Å². The van der Waals surface area contributed by atoms with Crippen molar-refractivity contribution in [2.24, 2.45) is 5.92 Å². The number of alkyl halides is 2. The summed E-state index contributed by atoms with van der Waals surface area (Å²) in [5, 5.41) is 9.96. The molecule has 8 heteroatoms. The molecule has 0 atom stereocenters. The van der Waals surface area contributed by atoms with Gasteiger partial charge >= 0.3 is 6.61 Å². The minimum atomic E-state index is -2.90. The average Bonchev–Trinajstić information content (AvgIpc) is 3.16. The smallest absolute Gasteiger partial charge is 0.387 e. The molecule has 0 bridgehead atoms. The van der Waals surface area contributed by atoms with Crippen LogP contribution in [0.2, 0.25) is 0 Å². The minimum Gasteiger partial charge on any atom is -0.435 e. The first-order valence-corrected chi connectivity index (χ1v) is 9.11. The second kappa shape index (κ2) is 8.94. The van der Waals surface area contributed by atoms with Gasteiger partial charge in [0.1, 0.15) is 5.75 Å². The van der Waals surface area contributed by atoms with E-state index in [9.17, 15) is 13.6 Å². The highest BCUT2D eigenvalue weighted by atomic mass is 19.3. The fourth-order valence-electron chi connectivity index (χ4n) is 3.44. The number of carbonyl (C=O) groups excluding carboxylic acids is 1. The normalized spacial score (nSPS) is 15.3. The van der Waals surface area contributed by atoms with Crippen LogP contribution in [-0.4, -0.2) is 54.3 Å². The van der Waals surface area contributed by atoms with Crippen LogP contribution >= 0.6 is 0 Å². The van der Waals surface area contributed by atoms with Crippen molar-refractivity contribution in [3.8, 4) is 17.0 Å². The molecule has 1 aromatic carbocycles. The molecule has 2 N–H and O–H groups in total. The number of halogens is 2. The first kappa shape index (κ1) is 19.3. The molecule has 2 heterocycles. The van der Waals surface area contributed by atoms with Gasteiger partial charge in [-0.2, -0.15) is 13.9 Å². The van der Waals surface area contributed by atoms with Gasteiger partial charge in [-0.25, -0.2) is 0 Å². The maximum Gasteiger partial charge on any atom is 0.387 e. The van der Waals surface area contributed by atoms with Gasteiger partial charge in [0.05, 0.1) is 17.5 Å². The van der Waals surface area contributed by atoms with Gasteiger partial charge in [-0.05, 0) is 50.9 Å². The third-order valence-corrected chi connectivity index (χ3v) is 4.92. The second-order valence-corrected chi connectivity index (χ2v) is 6.69. The number of piperidine rings is 1. The van der Waals surface area contributed by atoms with Crippen molar-refractivity contribution in [2.75, 3.05) is 26.7 Å². The number of carbonyl (C=O) groups is 1. The van der Waals surface area contributed by atoms with Gasteiger partial charge in [-0.3, -0.25) is 9.89 Å². The average molecular weight is 378 g/mol. The lowest BCUT2D eigenvalue weighted by molar-refractivity contribution is -0.0498. The number of ether oxygens (including phenoxy) is 1. The van der Waals surface area contributed by atoms with E-state index in [0.717, 1.165) is 25.8 Å². The van der Waals surface area contributed by atoms with Crippen LogP contribution in [0.1, 0.15) is 29.6 Å². The Bertz CT molecular complexity index is 758. The summed E-state index contributed by atoms with van der Waals surface area (Å²) in [4.78, 5) is 14.8. The van der Waals surface area contributed by atoms with Gasteiger partial charge in [0.2, 0.25) is 0 Å². The van der Waals surface area contributed by atoms with E-state index in [1.807, 2.05) is 11.9 Å². The topological polar surface area (TPSA) is 70.2 Å². The molecular formula is C19H24F2N4O2. The molecule has 1 aromatic heterocycles. The summed E-state index contributed by atoms with van der Waals surface area (Å²) in [7, 11) is 1.94. The van der Waals surface area contributed by atoms with Gasteiger partial charge in [0, 0.05) is 18.7 Å². The molecule has 1 aliphatic heterocycles. The van der Waals surface area contributed by atoms with Crippen LogP contribution in [0.5, 0.6) is 5.75 Å². The fourth-order valence-corrected chi connectivity index (χ4v) is 3.44. The van der Waals surface area contributed by atoms with Crippen LogP contribution < -0.4 is 10.1 Å². The van der Waals surface area contributed by atoms with Crippen LogP contribution in [0, 0.1) is 5.92 Å². The molecule has 0 unspecified atom stereocenters. The van der Waals surface area contributed by atoms with Crippen molar-refractivity contribution in [3.05, 3.63) is 36.0 Å².